The van der Waals surface area contributed by atoms with Crippen LogP contribution in [-0.2, 0) is 6.42 Å². The Morgan fingerprint density at radius 3 is 2.23 bits per heavy atom. The van der Waals surface area contributed by atoms with Gasteiger partial charge in [0, 0.05) is 18.0 Å². The van der Waals surface area contributed by atoms with Gasteiger partial charge in [0.1, 0.15) is 18.5 Å². The van der Waals surface area contributed by atoms with E-state index in [0.29, 0.717) is 23.9 Å². The first-order valence-electron chi connectivity index (χ1n) is 12.3. The number of aryl methyl sites for hydroxylation is 1. The standard InChI is InChI=1S/C27H41FN2O/c1-4-6-7-8-9-10-13-23-19-29-27(30-20-23)24-15-17-26(18-16-24)31-21-25(28)14-11-12-22(3)5-2/h15-20,22,25H,4-14,21H2,1-3H3. The summed E-state index contributed by atoms with van der Waals surface area (Å²) in [6.07, 6.45) is 15.5. The van der Waals surface area contributed by atoms with Crippen LogP contribution in [0, 0.1) is 5.92 Å². The molecule has 2 aromatic rings. The Kier molecular flexibility index (Phi) is 12.2. The van der Waals surface area contributed by atoms with E-state index in [-0.39, 0.29) is 6.61 Å². The molecule has 0 amide bonds. The van der Waals surface area contributed by atoms with Crippen molar-refractivity contribution in [3.8, 4) is 17.1 Å². The second-order valence-electron chi connectivity index (χ2n) is 8.81. The summed E-state index contributed by atoms with van der Waals surface area (Å²) in [6, 6.07) is 7.62. The molecule has 2 atom stereocenters. The Bertz CT molecular complexity index is 702. The number of ether oxygens (including phenoxy) is 1. The number of hydrogen-bond acceptors (Lipinski definition) is 3. The van der Waals surface area contributed by atoms with E-state index in [9.17, 15) is 4.39 Å². The summed E-state index contributed by atoms with van der Waals surface area (Å²) in [4.78, 5) is 9.05. The van der Waals surface area contributed by atoms with E-state index in [1.807, 2.05) is 36.7 Å². The summed E-state index contributed by atoms with van der Waals surface area (Å²) in [5, 5.41) is 0. The summed E-state index contributed by atoms with van der Waals surface area (Å²) in [5.41, 5.74) is 2.14. The van der Waals surface area contributed by atoms with E-state index in [0.717, 1.165) is 31.2 Å². The summed E-state index contributed by atoms with van der Waals surface area (Å²) in [7, 11) is 0. The van der Waals surface area contributed by atoms with Crippen LogP contribution in [0.15, 0.2) is 36.7 Å². The minimum atomic E-state index is -0.911. The summed E-state index contributed by atoms with van der Waals surface area (Å²) in [5.74, 6) is 2.08. The first-order valence-corrected chi connectivity index (χ1v) is 12.3. The number of rotatable bonds is 16. The van der Waals surface area contributed by atoms with Crippen LogP contribution in [0.25, 0.3) is 11.4 Å². The monoisotopic (exact) mass is 428 g/mol. The van der Waals surface area contributed by atoms with Crippen molar-refractivity contribution in [1.29, 1.82) is 0 Å². The van der Waals surface area contributed by atoms with Crippen LogP contribution < -0.4 is 4.74 Å². The van der Waals surface area contributed by atoms with Gasteiger partial charge in [0.05, 0.1) is 0 Å². The molecular formula is C27H41FN2O. The van der Waals surface area contributed by atoms with Gasteiger partial charge in [-0.3, -0.25) is 0 Å². The molecule has 0 spiro atoms. The molecule has 2 unspecified atom stereocenters. The topological polar surface area (TPSA) is 35.0 Å². The van der Waals surface area contributed by atoms with Gasteiger partial charge < -0.3 is 4.74 Å². The Hall–Kier alpha value is -1.97. The number of aromatic nitrogens is 2. The molecule has 4 heteroatoms. The van der Waals surface area contributed by atoms with Gasteiger partial charge in [0.2, 0.25) is 0 Å². The predicted octanol–water partition coefficient (Wildman–Crippen LogP) is 7.98. The highest BCUT2D eigenvalue weighted by Gasteiger charge is 2.09. The van der Waals surface area contributed by atoms with Crippen molar-refractivity contribution in [2.24, 2.45) is 5.92 Å². The Balaban J connectivity index is 1.72. The molecule has 0 saturated heterocycles. The first kappa shape index (κ1) is 25.3. The van der Waals surface area contributed by atoms with Gasteiger partial charge >= 0.3 is 0 Å². The first-order chi connectivity index (χ1) is 15.1. The predicted molar refractivity (Wildman–Crippen MR) is 128 cm³/mol. The molecule has 0 aliphatic rings. The van der Waals surface area contributed by atoms with E-state index in [1.54, 1.807) is 0 Å². The van der Waals surface area contributed by atoms with Gasteiger partial charge in [0.25, 0.3) is 0 Å². The lowest BCUT2D eigenvalue weighted by molar-refractivity contribution is 0.182. The number of hydrogen-bond donors (Lipinski definition) is 0. The fourth-order valence-electron chi connectivity index (χ4n) is 3.60. The molecule has 2 rings (SSSR count). The van der Waals surface area contributed by atoms with E-state index in [4.69, 9.17) is 4.74 Å². The van der Waals surface area contributed by atoms with Crippen molar-refractivity contribution in [1.82, 2.24) is 9.97 Å². The van der Waals surface area contributed by atoms with Crippen LogP contribution in [0.5, 0.6) is 5.75 Å². The van der Waals surface area contributed by atoms with E-state index in [2.05, 4.69) is 30.7 Å². The maximum absolute atomic E-state index is 14.0. The second-order valence-corrected chi connectivity index (χ2v) is 8.81. The Morgan fingerprint density at radius 1 is 0.871 bits per heavy atom. The molecule has 1 aromatic heterocycles. The van der Waals surface area contributed by atoms with Crippen molar-refractivity contribution in [3.05, 3.63) is 42.2 Å². The third-order valence-corrected chi connectivity index (χ3v) is 5.98. The number of alkyl halides is 1. The second kappa shape index (κ2) is 14.9. The SMILES string of the molecule is CCCCCCCCc1cnc(-c2ccc(OCC(F)CCCC(C)CC)cc2)nc1. The molecule has 0 aliphatic carbocycles. The highest BCUT2D eigenvalue weighted by molar-refractivity contribution is 5.55. The molecule has 1 aromatic carbocycles. The van der Waals surface area contributed by atoms with Gasteiger partial charge in [-0.05, 0) is 55.0 Å². The molecule has 0 bridgehead atoms. The lowest BCUT2D eigenvalue weighted by atomic mass is 10.0. The zero-order valence-corrected chi connectivity index (χ0v) is 19.8. The largest absolute Gasteiger partial charge is 0.491 e. The summed E-state index contributed by atoms with van der Waals surface area (Å²) < 4.78 is 19.7. The molecule has 0 N–H and O–H groups in total. The van der Waals surface area contributed by atoms with Crippen molar-refractivity contribution in [3.63, 3.8) is 0 Å². The van der Waals surface area contributed by atoms with Crippen molar-refractivity contribution < 1.29 is 9.13 Å². The van der Waals surface area contributed by atoms with Crippen LogP contribution in [-0.4, -0.2) is 22.7 Å². The van der Waals surface area contributed by atoms with Crippen LogP contribution in [0.1, 0.15) is 90.5 Å². The maximum atomic E-state index is 14.0. The van der Waals surface area contributed by atoms with Crippen LogP contribution in [0.3, 0.4) is 0 Å². The number of nitrogens with zero attached hydrogens (tertiary/aromatic N) is 2. The van der Waals surface area contributed by atoms with Gasteiger partial charge in [-0.1, -0.05) is 72.1 Å². The lowest BCUT2D eigenvalue weighted by Crippen LogP contribution is -2.13. The zero-order valence-electron chi connectivity index (χ0n) is 19.8. The van der Waals surface area contributed by atoms with Crippen molar-refractivity contribution in [2.45, 2.75) is 97.6 Å². The minimum absolute atomic E-state index is 0.115. The number of halogens is 1. The third kappa shape index (κ3) is 10.3. The van der Waals surface area contributed by atoms with Crippen molar-refractivity contribution in [2.75, 3.05) is 6.61 Å². The van der Waals surface area contributed by atoms with Crippen LogP contribution in [0.4, 0.5) is 4.39 Å². The summed E-state index contributed by atoms with van der Waals surface area (Å²) in [6.45, 7) is 6.76. The molecule has 172 valence electrons. The maximum Gasteiger partial charge on any atom is 0.159 e. The fraction of sp³-hybridized carbons (Fsp3) is 0.630. The van der Waals surface area contributed by atoms with E-state index in [1.165, 1.54) is 44.1 Å². The third-order valence-electron chi connectivity index (χ3n) is 5.98. The van der Waals surface area contributed by atoms with E-state index >= 15 is 0 Å². The van der Waals surface area contributed by atoms with Crippen LogP contribution in [0.2, 0.25) is 0 Å². The summed E-state index contributed by atoms with van der Waals surface area (Å²) >= 11 is 0. The zero-order chi connectivity index (χ0) is 22.3. The molecule has 31 heavy (non-hydrogen) atoms. The fourth-order valence-corrected chi connectivity index (χ4v) is 3.60. The molecular weight excluding hydrogens is 387 g/mol. The molecule has 0 fully saturated rings. The van der Waals surface area contributed by atoms with Crippen molar-refractivity contribution >= 4 is 0 Å². The Morgan fingerprint density at radius 2 is 1.55 bits per heavy atom. The van der Waals surface area contributed by atoms with Gasteiger partial charge in [0.15, 0.2) is 5.82 Å². The van der Waals surface area contributed by atoms with Gasteiger partial charge in [-0.2, -0.15) is 0 Å². The number of unbranched alkanes of at least 4 members (excludes halogenated alkanes) is 5. The van der Waals surface area contributed by atoms with Crippen LogP contribution >= 0.6 is 0 Å². The minimum Gasteiger partial charge on any atom is -0.491 e. The number of benzene rings is 1. The quantitative estimate of drug-likeness (QED) is 0.254. The van der Waals surface area contributed by atoms with E-state index < -0.39 is 6.17 Å². The van der Waals surface area contributed by atoms with Gasteiger partial charge in [-0.25, -0.2) is 14.4 Å². The smallest absolute Gasteiger partial charge is 0.159 e. The normalized spacial score (nSPS) is 13.2. The Labute approximate surface area is 188 Å². The molecule has 3 nitrogen and oxygen atoms in total. The highest BCUT2D eigenvalue weighted by Crippen LogP contribution is 2.21. The molecule has 0 radical (unpaired) electrons. The highest BCUT2D eigenvalue weighted by atomic mass is 19.1. The average Bonchev–Trinajstić information content (AvgIpc) is 2.80. The average molecular weight is 429 g/mol. The van der Waals surface area contributed by atoms with Gasteiger partial charge in [-0.15, -0.1) is 0 Å². The lowest BCUT2D eigenvalue weighted by Gasteiger charge is -2.12. The molecule has 0 saturated carbocycles. The molecule has 0 aliphatic heterocycles. The molecule has 1 heterocycles.